The summed E-state index contributed by atoms with van der Waals surface area (Å²) in [4.78, 5) is 19.4. The Morgan fingerprint density at radius 1 is 1.19 bits per heavy atom. The maximum atomic E-state index is 14.3. The summed E-state index contributed by atoms with van der Waals surface area (Å²) in [5.41, 5.74) is 0.323. The molecule has 2 aliphatic heterocycles. The molecule has 7 heteroatoms. The zero-order chi connectivity index (χ0) is 19.0. The maximum Gasteiger partial charge on any atom is 0.293 e. The van der Waals surface area contributed by atoms with Crippen molar-refractivity contribution in [2.24, 2.45) is 11.8 Å². The molecule has 6 nitrogen and oxygen atoms in total. The molecule has 4 rings (SSSR count). The molecular formula is C20H26FN5O. The fraction of sp³-hybridized carbons (Fsp3) is 0.550. The van der Waals surface area contributed by atoms with Crippen LogP contribution in [0.3, 0.4) is 0 Å². The largest absolute Gasteiger partial charge is 0.336 e. The van der Waals surface area contributed by atoms with Gasteiger partial charge in [-0.1, -0.05) is 26.0 Å². The van der Waals surface area contributed by atoms with Crippen LogP contribution in [0, 0.1) is 17.7 Å². The lowest BCUT2D eigenvalue weighted by atomic mass is 9.92. The zero-order valence-electron chi connectivity index (χ0n) is 15.9. The minimum absolute atomic E-state index is 0.0215. The molecule has 0 radical (unpaired) electrons. The van der Waals surface area contributed by atoms with Crippen molar-refractivity contribution in [3.8, 4) is 5.69 Å². The number of halogens is 1. The molecule has 144 valence electrons. The van der Waals surface area contributed by atoms with Crippen LogP contribution < -0.4 is 5.32 Å². The molecule has 1 aromatic carbocycles. The lowest BCUT2D eigenvalue weighted by Crippen LogP contribution is -2.33. The van der Waals surface area contributed by atoms with Crippen molar-refractivity contribution in [1.82, 2.24) is 25.0 Å². The van der Waals surface area contributed by atoms with Gasteiger partial charge in [-0.15, -0.1) is 5.10 Å². The van der Waals surface area contributed by atoms with Crippen LogP contribution in [0.4, 0.5) is 4.39 Å². The predicted molar refractivity (Wildman–Crippen MR) is 100 cm³/mol. The van der Waals surface area contributed by atoms with Crippen molar-refractivity contribution >= 4 is 5.91 Å². The number of hydrogen-bond donors (Lipinski definition) is 1. The molecule has 0 aliphatic carbocycles. The molecule has 2 fully saturated rings. The van der Waals surface area contributed by atoms with Crippen LogP contribution in [0.2, 0.25) is 0 Å². The van der Waals surface area contributed by atoms with E-state index >= 15 is 0 Å². The highest BCUT2D eigenvalue weighted by Crippen LogP contribution is 2.28. The summed E-state index contributed by atoms with van der Waals surface area (Å²) >= 11 is 0. The van der Waals surface area contributed by atoms with Crippen LogP contribution >= 0.6 is 0 Å². The summed E-state index contributed by atoms with van der Waals surface area (Å²) in [5.74, 6) is 1.55. The third kappa shape index (κ3) is 3.48. The molecule has 27 heavy (non-hydrogen) atoms. The van der Waals surface area contributed by atoms with Crippen LogP contribution in [0.25, 0.3) is 5.69 Å². The Morgan fingerprint density at radius 2 is 1.85 bits per heavy atom. The first-order chi connectivity index (χ1) is 13.0. The van der Waals surface area contributed by atoms with Crippen molar-refractivity contribution in [2.45, 2.75) is 32.6 Å². The number of para-hydroxylation sites is 1. The molecular weight excluding hydrogens is 345 g/mol. The molecule has 0 saturated carbocycles. The SMILES string of the molecule is CC(C)c1nc(C(=O)N2CC[C@@H]3CNC[C@@H]3CC2)nn1-c1ccccc1F. The van der Waals surface area contributed by atoms with Crippen molar-refractivity contribution in [1.29, 1.82) is 0 Å². The van der Waals surface area contributed by atoms with E-state index in [0.29, 0.717) is 23.3 Å². The highest BCUT2D eigenvalue weighted by atomic mass is 19.1. The van der Waals surface area contributed by atoms with Crippen LogP contribution in [0.5, 0.6) is 0 Å². The average molecular weight is 371 g/mol. The molecule has 2 aromatic rings. The maximum absolute atomic E-state index is 14.3. The summed E-state index contributed by atoms with van der Waals surface area (Å²) in [6.45, 7) is 7.49. The summed E-state index contributed by atoms with van der Waals surface area (Å²) < 4.78 is 15.8. The third-order valence-electron chi connectivity index (χ3n) is 5.73. The second-order valence-electron chi connectivity index (χ2n) is 7.86. The standard InChI is InChI=1S/C20H26FN5O/c1-13(2)19-23-18(24-26(19)17-6-4-3-5-16(17)21)20(27)25-9-7-14-11-22-12-15(14)8-10-25/h3-6,13-15,22H,7-12H2,1-2H3/t14-,15+. The van der Waals surface area contributed by atoms with Gasteiger partial charge >= 0.3 is 0 Å². The van der Waals surface area contributed by atoms with Gasteiger partial charge in [0.25, 0.3) is 5.91 Å². The van der Waals surface area contributed by atoms with Gasteiger partial charge in [-0.2, -0.15) is 0 Å². The fourth-order valence-electron chi connectivity index (χ4n) is 4.15. The van der Waals surface area contributed by atoms with E-state index < -0.39 is 0 Å². The van der Waals surface area contributed by atoms with Crippen molar-refractivity contribution < 1.29 is 9.18 Å². The highest BCUT2D eigenvalue weighted by Gasteiger charge is 2.33. The fourth-order valence-corrected chi connectivity index (χ4v) is 4.15. The number of carbonyl (C=O) groups excluding carboxylic acids is 1. The molecule has 2 atom stereocenters. The van der Waals surface area contributed by atoms with Crippen LogP contribution in [-0.2, 0) is 0 Å². The molecule has 2 aliphatic rings. The molecule has 3 heterocycles. The Labute approximate surface area is 158 Å². The Hall–Kier alpha value is -2.28. The van der Waals surface area contributed by atoms with Crippen LogP contribution in [-0.4, -0.2) is 51.8 Å². The van der Waals surface area contributed by atoms with E-state index in [9.17, 15) is 9.18 Å². The van der Waals surface area contributed by atoms with Gasteiger partial charge in [0, 0.05) is 19.0 Å². The van der Waals surface area contributed by atoms with Crippen molar-refractivity contribution in [2.75, 3.05) is 26.2 Å². The number of amides is 1. The van der Waals surface area contributed by atoms with E-state index in [2.05, 4.69) is 15.4 Å². The number of rotatable bonds is 3. The van der Waals surface area contributed by atoms with Crippen molar-refractivity contribution in [3.63, 3.8) is 0 Å². The van der Waals surface area contributed by atoms with Gasteiger partial charge in [0.2, 0.25) is 5.82 Å². The number of fused-ring (bicyclic) bond motifs is 1. The average Bonchev–Trinajstić information content (AvgIpc) is 3.25. The summed E-state index contributed by atoms with van der Waals surface area (Å²) in [6.07, 6.45) is 2.02. The Bertz CT molecular complexity index is 820. The minimum Gasteiger partial charge on any atom is -0.336 e. The van der Waals surface area contributed by atoms with E-state index in [-0.39, 0.29) is 23.5 Å². The van der Waals surface area contributed by atoms with Crippen LogP contribution in [0.1, 0.15) is 49.1 Å². The second-order valence-corrected chi connectivity index (χ2v) is 7.86. The quantitative estimate of drug-likeness (QED) is 0.901. The zero-order valence-corrected chi connectivity index (χ0v) is 15.9. The van der Waals surface area contributed by atoms with Crippen molar-refractivity contribution in [3.05, 3.63) is 41.7 Å². The minimum atomic E-state index is -0.376. The molecule has 0 unspecified atom stereocenters. The van der Waals surface area contributed by atoms with E-state index in [1.165, 1.54) is 10.7 Å². The number of hydrogen-bond acceptors (Lipinski definition) is 4. The van der Waals surface area contributed by atoms with Gasteiger partial charge in [-0.3, -0.25) is 4.79 Å². The number of carbonyl (C=O) groups is 1. The molecule has 1 amide bonds. The van der Waals surface area contributed by atoms with Gasteiger partial charge in [0.05, 0.1) is 0 Å². The molecule has 2 saturated heterocycles. The smallest absolute Gasteiger partial charge is 0.293 e. The van der Waals surface area contributed by atoms with E-state index in [1.54, 1.807) is 18.2 Å². The number of aromatic nitrogens is 3. The van der Waals surface area contributed by atoms with Crippen LogP contribution in [0.15, 0.2) is 24.3 Å². The topological polar surface area (TPSA) is 63.1 Å². The number of likely N-dealkylation sites (tertiary alicyclic amines) is 1. The van der Waals surface area contributed by atoms with E-state index in [1.807, 2.05) is 18.7 Å². The van der Waals surface area contributed by atoms with E-state index in [4.69, 9.17) is 0 Å². The first-order valence-corrected chi connectivity index (χ1v) is 9.76. The lowest BCUT2D eigenvalue weighted by Gasteiger charge is -2.19. The Balaban J connectivity index is 1.61. The summed E-state index contributed by atoms with van der Waals surface area (Å²) in [6, 6.07) is 6.45. The van der Waals surface area contributed by atoms with Gasteiger partial charge in [0.15, 0.2) is 0 Å². The van der Waals surface area contributed by atoms with Gasteiger partial charge in [0.1, 0.15) is 17.3 Å². The molecule has 0 bridgehead atoms. The number of benzene rings is 1. The predicted octanol–water partition coefficient (Wildman–Crippen LogP) is 2.60. The summed E-state index contributed by atoms with van der Waals surface area (Å²) in [5, 5.41) is 7.85. The first kappa shape index (κ1) is 18.1. The second kappa shape index (κ2) is 7.38. The van der Waals surface area contributed by atoms with Gasteiger partial charge in [-0.25, -0.2) is 14.1 Å². The van der Waals surface area contributed by atoms with Gasteiger partial charge in [-0.05, 0) is 49.9 Å². The molecule has 0 spiro atoms. The Morgan fingerprint density at radius 3 is 2.48 bits per heavy atom. The number of nitrogens with zero attached hydrogens (tertiary/aromatic N) is 4. The molecule has 1 aromatic heterocycles. The molecule has 1 N–H and O–H groups in total. The number of nitrogens with one attached hydrogen (secondary N) is 1. The normalized spacial score (nSPS) is 22.7. The van der Waals surface area contributed by atoms with Gasteiger partial charge < -0.3 is 10.2 Å². The third-order valence-corrected chi connectivity index (χ3v) is 5.73. The first-order valence-electron chi connectivity index (χ1n) is 9.76. The van der Waals surface area contributed by atoms with E-state index in [0.717, 1.165) is 39.0 Å². The highest BCUT2D eigenvalue weighted by molar-refractivity contribution is 5.90. The monoisotopic (exact) mass is 371 g/mol. The summed E-state index contributed by atoms with van der Waals surface area (Å²) in [7, 11) is 0. The Kier molecular flexibility index (Phi) is 4.95. The lowest BCUT2D eigenvalue weighted by molar-refractivity contribution is 0.0746.